The zero-order chi connectivity index (χ0) is 13.1. The van der Waals surface area contributed by atoms with E-state index in [2.05, 4.69) is 21.7 Å². The van der Waals surface area contributed by atoms with Gasteiger partial charge >= 0.3 is 0 Å². The van der Waals surface area contributed by atoms with E-state index in [4.69, 9.17) is 0 Å². The first kappa shape index (κ1) is 18.7. The number of rotatable bonds is 3. The monoisotopic (exact) mass is 351 g/mol. The minimum atomic E-state index is 0. The highest BCUT2D eigenvalue weighted by molar-refractivity contribution is 7.10. The highest BCUT2D eigenvalue weighted by Gasteiger charge is 2.21. The van der Waals surface area contributed by atoms with E-state index in [1.54, 1.807) is 0 Å². The number of amides is 1. The molecule has 1 N–H and O–H groups in total. The fourth-order valence-corrected chi connectivity index (χ4v) is 3.70. The first-order chi connectivity index (χ1) is 9.33. The average molecular weight is 352 g/mol. The van der Waals surface area contributed by atoms with Crippen LogP contribution in [0, 0.1) is 0 Å². The predicted octanol–water partition coefficient (Wildman–Crippen LogP) is 1.77. The van der Waals surface area contributed by atoms with E-state index in [9.17, 15) is 4.79 Å². The van der Waals surface area contributed by atoms with Crippen LogP contribution in [0.3, 0.4) is 0 Å². The molecule has 2 aliphatic heterocycles. The van der Waals surface area contributed by atoms with E-state index >= 15 is 0 Å². The van der Waals surface area contributed by atoms with Crippen molar-refractivity contribution >= 4 is 42.1 Å². The summed E-state index contributed by atoms with van der Waals surface area (Å²) >= 11 is 1.82. The number of fused-ring (bicyclic) bond motifs is 1. The molecule has 0 aliphatic carbocycles. The molecule has 0 unspecified atom stereocenters. The van der Waals surface area contributed by atoms with Crippen molar-refractivity contribution in [2.75, 3.05) is 39.3 Å². The van der Waals surface area contributed by atoms with Crippen LogP contribution in [0.2, 0.25) is 0 Å². The number of carbonyl (C=O) groups excluding carboxylic acids is 1. The van der Waals surface area contributed by atoms with Crippen molar-refractivity contribution in [3.05, 3.63) is 21.9 Å². The highest BCUT2D eigenvalue weighted by Crippen LogP contribution is 2.24. The second-order valence-corrected chi connectivity index (χ2v) is 6.28. The Labute approximate surface area is 142 Å². The standard InChI is InChI=1S/C14H21N3OS.2ClH/c18-14(2-6-16-8-4-15-5-9-16)17-7-1-13-12(11-17)3-10-19-13;;/h3,10,15H,1-2,4-9,11H2;2*1H. The molecule has 0 saturated carbocycles. The molecule has 4 nitrogen and oxygen atoms in total. The van der Waals surface area contributed by atoms with Gasteiger partial charge in [-0.25, -0.2) is 0 Å². The van der Waals surface area contributed by atoms with Crippen LogP contribution in [0.1, 0.15) is 16.9 Å². The van der Waals surface area contributed by atoms with Crippen molar-refractivity contribution < 1.29 is 4.79 Å². The van der Waals surface area contributed by atoms with Gasteiger partial charge in [0.1, 0.15) is 0 Å². The zero-order valence-corrected chi connectivity index (χ0v) is 14.5. The van der Waals surface area contributed by atoms with E-state index in [1.807, 2.05) is 16.2 Å². The first-order valence-corrected chi connectivity index (χ1v) is 7.97. The van der Waals surface area contributed by atoms with Crippen molar-refractivity contribution in [1.82, 2.24) is 15.1 Å². The maximum absolute atomic E-state index is 12.3. The van der Waals surface area contributed by atoms with E-state index in [1.165, 1.54) is 10.4 Å². The van der Waals surface area contributed by atoms with Gasteiger partial charge in [0.15, 0.2) is 0 Å². The molecule has 0 spiro atoms. The number of nitrogens with zero attached hydrogens (tertiary/aromatic N) is 2. The highest BCUT2D eigenvalue weighted by atomic mass is 35.5. The van der Waals surface area contributed by atoms with Crippen LogP contribution in [0.5, 0.6) is 0 Å². The summed E-state index contributed by atoms with van der Waals surface area (Å²) in [5.74, 6) is 0.315. The Hall–Kier alpha value is -0.330. The molecule has 2 aliphatic rings. The molecule has 1 saturated heterocycles. The van der Waals surface area contributed by atoms with Crippen LogP contribution in [-0.2, 0) is 17.8 Å². The van der Waals surface area contributed by atoms with Crippen LogP contribution in [0.4, 0.5) is 0 Å². The molecule has 21 heavy (non-hydrogen) atoms. The molecule has 3 rings (SSSR count). The van der Waals surface area contributed by atoms with E-state index in [0.29, 0.717) is 12.3 Å². The van der Waals surface area contributed by atoms with Crippen LogP contribution in [0.15, 0.2) is 11.4 Å². The van der Waals surface area contributed by atoms with E-state index in [0.717, 1.165) is 52.2 Å². The first-order valence-electron chi connectivity index (χ1n) is 7.09. The maximum Gasteiger partial charge on any atom is 0.224 e. The molecular formula is C14H23Cl2N3OS. The normalized spacial score (nSPS) is 18.4. The van der Waals surface area contributed by atoms with Gasteiger partial charge in [-0.1, -0.05) is 0 Å². The number of thiophene rings is 1. The lowest BCUT2D eigenvalue weighted by Gasteiger charge is -2.30. The minimum absolute atomic E-state index is 0. The van der Waals surface area contributed by atoms with Crippen molar-refractivity contribution in [2.45, 2.75) is 19.4 Å². The summed E-state index contributed by atoms with van der Waals surface area (Å²) in [6.07, 6.45) is 1.70. The summed E-state index contributed by atoms with van der Waals surface area (Å²) in [5.41, 5.74) is 1.35. The molecule has 0 aromatic carbocycles. The number of hydrogen-bond acceptors (Lipinski definition) is 4. The Balaban J connectivity index is 0.00000110. The Morgan fingerprint density at radius 3 is 2.76 bits per heavy atom. The maximum atomic E-state index is 12.3. The lowest BCUT2D eigenvalue weighted by atomic mass is 10.1. The third-order valence-electron chi connectivity index (χ3n) is 4.01. The quantitative estimate of drug-likeness (QED) is 0.901. The van der Waals surface area contributed by atoms with Gasteiger partial charge in [0, 0.05) is 57.1 Å². The van der Waals surface area contributed by atoms with Gasteiger partial charge in [0.05, 0.1) is 0 Å². The average Bonchev–Trinajstić information content (AvgIpc) is 2.93. The Kier molecular flexibility index (Phi) is 7.98. The summed E-state index contributed by atoms with van der Waals surface area (Å²) < 4.78 is 0. The number of hydrogen-bond donors (Lipinski definition) is 1. The molecule has 0 atom stereocenters. The van der Waals surface area contributed by atoms with Gasteiger partial charge in [0.25, 0.3) is 0 Å². The number of nitrogens with one attached hydrogen (secondary N) is 1. The minimum Gasteiger partial charge on any atom is -0.338 e. The van der Waals surface area contributed by atoms with E-state index < -0.39 is 0 Å². The Morgan fingerprint density at radius 1 is 1.24 bits per heavy atom. The van der Waals surface area contributed by atoms with E-state index in [-0.39, 0.29) is 24.8 Å². The lowest BCUT2D eigenvalue weighted by Crippen LogP contribution is -2.45. The van der Waals surface area contributed by atoms with Gasteiger partial charge in [-0.05, 0) is 23.4 Å². The van der Waals surface area contributed by atoms with Crippen molar-refractivity contribution in [1.29, 1.82) is 0 Å². The second-order valence-electron chi connectivity index (χ2n) is 5.28. The molecule has 1 aromatic rings. The summed E-state index contributed by atoms with van der Waals surface area (Å²) in [6.45, 7) is 6.87. The summed E-state index contributed by atoms with van der Waals surface area (Å²) in [6, 6.07) is 2.16. The molecule has 1 fully saturated rings. The lowest BCUT2D eigenvalue weighted by molar-refractivity contribution is -0.132. The topological polar surface area (TPSA) is 35.6 Å². The van der Waals surface area contributed by atoms with Crippen LogP contribution >= 0.6 is 36.2 Å². The summed E-state index contributed by atoms with van der Waals surface area (Å²) in [5, 5.41) is 5.48. The van der Waals surface area contributed by atoms with Gasteiger partial charge in [-0.15, -0.1) is 36.2 Å². The van der Waals surface area contributed by atoms with Crippen LogP contribution in [0.25, 0.3) is 0 Å². The molecule has 1 amide bonds. The molecule has 7 heteroatoms. The fourth-order valence-electron chi connectivity index (χ4n) is 2.81. The molecule has 0 bridgehead atoms. The summed E-state index contributed by atoms with van der Waals surface area (Å²) in [7, 11) is 0. The Bertz CT molecular complexity index is 449. The SMILES string of the molecule is Cl.Cl.O=C(CCN1CCNCC1)N1CCc2sccc2C1. The molecule has 1 aromatic heterocycles. The van der Waals surface area contributed by atoms with Gasteiger partial charge in [-0.2, -0.15) is 0 Å². The zero-order valence-electron chi connectivity index (χ0n) is 12.0. The number of piperazine rings is 1. The third-order valence-corrected chi connectivity index (χ3v) is 5.03. The largest absolute Gasteiger partial charge is 0.338 e. The smallest absolute Gasteiger partial charge is 0.224 e. The number of carbonyl (C=O) groups is 1. The van der Waals surface area contributed by atoms with Gasteiger partial charge < -0.3 is 15.1 Å². The second kappa shape index (κ2) is 8.96. The van der Waals surface area contributed by atoms with Gasteiger partial charge in [0.2, 0.25) is 5.91 Å². The van der Waals surface area contributed by atoms with Crippen LogP contribution in [-0.4, -0.2) is 55.0 Å². The molecule has 3 heterocycles. The molecular weight excluding hydrogens is 329 g/mol. The van der Waals surface area contributed by atoms with Crippen molar-refractivity contribution in [3.8, 4) is 0 Å². The third kappa shape index (κ3) is 4.83. The van der Waals surface area contributed by atoms with Gasteiger partial charge in [-0.3, -0.25) is 4.79 Å². The van der Waals surface area contributed by atoms with Crippen molar-refractivity contribution in [2.24, 2.45) is 0 Å². The molecule has 0 radical (unpaired) electrons. The molecule has 120 valence electrons. The fraction of sp³-hybridized carbons (Fsp3) is 0.643. The van der Waals surface area contributed by atoms with Crippen LogP contribution < -0.4 is 5.32 Å². The predicted molar refractivity (Wildman–Crippen MR) is 91.9 cm³/mol. The summed E-state index contributed by atoms with van der Waals surface area (Å²) in [4.78, 5) is 18.1. The Morgan fingerprint density at radius 2 is 2.00 bits per heavy atom. The number of halogens is 2. The van der Waals surface area contributed by atoms with Crippen molar-refractivity contribution in [3.63, 3.8) is 0 Å².